The van der Waals surface area contributed by atoms with E-state index in [-0.39, 0.29) is 18.9 Å². The maximum atomic E-state index is 13.2. The van der Waals surface area contributed by atoms with Gasteiger partial charge in [-0.05, 0) is 63.0 Å². The van der Waals surface area contributed by atoms with Crippen molar-refractivity contribution >= 4 is 40.2 Å². The molecule has 0 aromatic rings. The molecule has 0 radical (unpaired) electrons. The maximum absolute atomic E-state index is 13.2. The van der Waals surface area contributed by atoms with E-state index in [1.54, 1.807) is 20.9 Å². The van der Waals surface area contributed by atoms with Crippen LogP contribution in [0.25, 0.3) is 0 Å². The van der Waals surface area contributed by atoms with Crippen molar-refractivity contribution < 1.29 is 41.7 Å². The third-order valence-electron chi connectivity index (χ3n) is 8.88. The molecule has 4 rings (SSSR count). The number of hydrogen-bond acceptors (Lipinski definition) is 8. The molecular formula is C31H46N6O9S. The van der Waals surface area contributed by atoms with Gasteiger partial charge in [0.1, 0.15) is 12.1 Å². The molecule has 15 nitrogen and oxygen atoms in total. The zero-order valence-corrected chi connectivity index (χ0v) is 28.0. The van der Waals surface area contributed by atoms with Gasteiger partial charge < -0.3 is 30.4 Å². The lowest BCUT2D eigenvalue weighted by Crippen LogP contribution is -2.55. The molecular weight excluding hydrogens is 632 g/mol. The van der Waals surface area contributed by atoms with Crippen LogP contribution in [0.1, 0.15) is 65.2 Å². The molecule has 2 heterocycles. The van der Waals surface area contributed by atoms with E-state index in [0.29, 0.717) is 64.7 Å². The lowest BCUT2D eigenvalue weighted by molar-refractivity contribution is -0.138. The summed E-state index contributed by atoms with van der Waals surface area (Å²) >= 11 is 0. The second-order valence-electron chi connectivity index (χ2n) is 12.8. The van der Waals surface area contributed by atoms with Crippen LogP contribution in [-0.4, -0.2) is 116 Å². The van der Waals surface area contributed by atoms with Crippen molar-refractivity contribution in [2.45, 2.75) is 82.9 Å². The molecule has 2 fully saturated rings. The summed E-state index contributed by atoms with van der Waals surface area (Å²) in [6.45, 7) is 4.59. The van der Waals surface area contributed by atoms with E-state index >= 15 is 0 Å². The van der Waals surface area contributed by atoms with E-state index in [2.05, 4.69) is 10.6 Å². The van der Waals surface area contributed by atoms with Gasteiger partial charge in [0.2, 0.25) is 11.8 Å². The monoisotopic (exact) mass is 678 g/mol. The number of carbonyl (C=O) groups excluding carboxylic acids is 4. The predicted octanol–water partition coefficient (Wildman–Crippen LogP) is 1.65. The molecule has 4 N–H and O–H groups in total. The van der Waals surface area contributed by atoms with E-state index in [1.807, 2.05) is 29.0 Å². The van der Waals surface area contributed by atoms with E-state index in [9.17, 15) is 37.5 Å². The average Bonchev–Trinajstić information content (AvgIpc) is 3.38. The van der Waals surface area contributed by atoms with Crippen molar-refractivity contribution in [3.8, 4) is 0 Å². The van der Waals surface area contributed by atoms with Gasteiger partial charge in [-0.3, -0.25) is 14.4 Å². The largest absolute Gasteiger partial charge is 0.465 e. The summed E-state index contributed by atoms with van der Waals surface area (Å²) in [5.74, 6) is -1.81. The van der Waals surface area contributed by atoms with Gasteiger partial charge in [0.25, 0.3) is 5.91 Å². The van der Waals surface area contributed by atoms with Gasteiger partial charge in [-0.1, -0.05) is 37.6 Å². The third-order valence-corrected chi connectivity index (χ3v) is 9.95. The first kappa shape index (κ1) is 35.9. The summed E-state index contributed by atoms with van der Waals surface area (Å²) < 4.78 is 31.5. The number of allylic oxidation sites excluding steroid dienone is 2. The number of hydrogen-bond donors (Lipinski definition) is 4. The van der Waals surface area contributed by atoms with Crippen LogP contribution in [0.2, 0.25) is 0 Å². The summed E-state index contributed by atoms with van der Waals surface area (Å²) in [7, 11) is -2.74. The fraction of sp³-hybridized carbons (Fsp3) is 0.645. The molecule has 2 aliphatic carbocycles. The molecule has 2 aliphatic heterocycles. The Kier molecular flexibility index (Phi) is 11.7. The lowest BCUT2D eigenvalue weighted by Gasteiger charge is -2.27. The number of amides is 6. The topological polar surface area (TPSA) is 195 Å². The molecule has 0 aromatic carbocycles. The Morgan fingerprint density at radius 2 is 1.96 bits per heavy atom. The summed E-state index contributed by atoms with van der Waals surface area (Å²) in [6, 6.07) is -2.45. The number of nitrogens with one attached hydrogen (secondary N) is 3. The number of carboxylic acid groups (broad SMARTS) is 1. The number of likely N-dealkylation sites (tertiary alicyclic amines) is 1. The van der Waals surface area contributed by atoms with Gasteiger partial charge in [-0.2, -0.15) is 8.42 Å². The Morgan fingerprint density at radius 3 is 2.64 bits per heavy atom. The number of carbonyl (C=O) groups is 5. The van der Waals surface area contributed by atoms with Crippen LogP contribution in [0.4, 0.5) is 9.59 Å². The fourth-order valence-corrected chi connectivity index (χ4v) is 7.06. The zero-order valence-electron chi connectivity index (χ0n) is 27.2. The van der Waals surface area contributed by atoms with Crippen LogP contribution in [0, 0.1) is 5.92 Å². The number of nitrogens with zero attached hydrogens (tertiary/aromatic N) is 3. The van der Waals surface area contributed by atoms with Crippen LogP contribution in [0.5, 0.6) is 0 Å². The highest BCUT2D eigenvalue weighted by Crippen LogP contribution is 2.39. The van der Waals surface area contributed by atoms with Crippen molar-refractivity contribution in [3.05, 3.63) is 35.5 Å². The molecule has 4 aliphatic rings. The average molecular weight is 679 g/mol. The molecule has 3 atom stereocenters. The Balaban J connectivity index is 1.21. The summed E-state index contributed by atoms with van der Waals surface area (Å²) in [5, 5.41) is 14.5. The smallest absolute Gasteiger partial charge is 0.407 e. The highest BCUT2D eigenvalue weighted by Gasteiger charge is 2.44. The first-order chi connectivity index (χ1) is 22.2. The fourth-order valence-electron chi connectivity index (χ4n) is 5.94. The molecule has 1 saturated carbocycles. The van der Waals surface area contributed by atoms with Crippen LogP contribution in [-0.2, 0) is 28.9 Å². The minimum Gasteiger partial charge on any atom is -0.465 e. The highest BCUT2D eigenvalue weighted by molar-refractivity contribution is 7.85. The van der Waals surface area contributed by atoms with Gasteiger partial charge in [-0.15, -0.1) is 0 Å². The quantitative estimate of drug-likeness (QED) is 0.198. The first-order valence-corrected chi connectivity index (χ1v) is 17.5. The van der Waals surface area contributed by atoms with Gasteiger partial charge in [0.05, 0.1) is 12.1 Å². The van der Waals surface area contributed by atoms with Gasteiger partial charge in [0.15, 0.2) is 0 Å². The van der Waals surface area contributed by atoms with E-state index in [0.717, 1.165) is 17.6 Å². The lowest BCUT2D eigenvalue weighted by atomic mass is 9.88. The second-order valence-corrected chi connectivity index (χ2v) is 14.1. The Labute approximate surface area is 275 Å². The molecule has 16 heteroatoms. The summed E-state index contributed by atoms with van der Waals surface area (Å²) in [6.07, 6.45) is 11.2. The van der Waals surface area contributed by atoms with Crippen LogP contribution in [0.15, 0.2) is 35.5 Å². The van der Waals surface area contributed by atoms with E-state index < -0.39 is 57.8 Å². The summed E-state index contributed by atoms with van der Waals surface area (Å²) in [4.78, 5) is 67.2. The molecule has 47 heavy (non-hydrogen) atoms. The number of urea groups is 1. The van der Waals surface area contributed by atoms with Crippen molar-refractivity contribution in [2.75, 3.05) is 39.8 Å². The molecule has 0 bridgehead atoms. The Hall–Kier alpha value is -3.92. The molecule has 6 amide bonds. The van der Waals surface area contributed by atoms with Crippen molar-refractivity contribution in [1.82, 2.24) is 30.1 Å². The van der Waals surface area contributed by atoms with Crippen molar-refractivity contribution in [2.24, 2.45) is 5.92 Å². The van der Waals surface area contributed by atoms with E-state index in [4.69, 9.17) is 4.18 Å². The van der Waals surface area contributed by atoms with Crippen molar-refractivity contribution in [1.29, 1.82) is 0 Å². The third kappa shape index (κ3) is 9.79. The maximum Gasteiger partial charge on any atom is 0.407 e. The summed E-state index contributed by atoms with van der Waals surface area (Å²) in [5.41, 5.74) is 1.33. The zero-order chi connectivity index (χ0) is 34.4. The molecule has 0 aromatic heterocycles. The van der Waals surface area contributed by atoms with Gasteiger partial charge >= 0.3 is 22.4 Å². The normalized spacial score (nSPS) is 22.2. The minimum atomic E-state index is -4.35. The standard InChI is InChI=1S/C31H46N6O9S/c1-4-9-24(27(39)34-47(44,45)46-31(2)14-15-31)33-28(40)25-13-8-17-37(25)26(38)18-32-29(41)35(3)16-6-5-10-21-11-7-12-22-19-36(30(42)43)20-23(21)22/h5,7,10,12,21,24-25H,4,6,8-9,11,13-20H2,1-3H3,(H,32,41)(H,33,40)(H,34,39)(H,42,43). The van der Waals surface area contributed by atoms with Gasteiger partial charge in [-0.25, -0.2) is 18.5 Å². The van der Waals surface area contributed by atoms with Crippen LogP contribution in [0.3, 0.4) is 0 Å². The molecule has 0 spiro atoms. The predicted molar refractivity (Wildman–Crippen MR) is 171 cm³/mol. The van der Waals surface area contributed by atoms with Gasteiger partial charge in [0, 0.05) is 39.1 Å². The molecule has 260 valence electrons. The Bertz CT molecular complexity index is 1440. The SMILES string of the molecule is CCCC(NC(=O)C1CCCN1C(=O)CNC(=O)N(C)CCC=CC1CC=CC2=C1CN(C(=O)O)C2)C(=O)NS(=O)(=O)OC1(C)CC1. The first-order valence-electron chi connectivity index (χ1n) is 16.1. The number of rotatable bonds is 14. The molecule has 1 saturated heterocycles. The van der Waals surface area contributed by atoms with Crippen molar-refractivity contribution in [3.63, 3.8) is 0 Å². The second kappa shape index (κ2) is 15.3. The van der Waals surface area contributed by atoms with Crippen LogP contribution >= 0.6 is 0 Å². The van der Waals surface area contributed by atoms with Crippen LogP contribution < -0.4 is 15.4 Å². The highest BCUT2D eigenvalue weighted by atomic mass is 32.2. The minimum absolute atomic E-state index is 0.117. The van der Waals surface area contributed by atoms with E-state index in [1.165, 1.54) is 14.7 Å². The molecule has 3 unspecified atom stereocenters. The Morgan fingerprint density at radius 1 is 1.21 bits per heavy atom.